The fraction of sp³-hybridized carbons (Fsp3) is 0.400. The van der Waals surface area contributed by atoms with E-state index in [1.54, 1.807) is 6.20 Å². The summed E-state index contributed by atoms with van der Waals surface area (Å²) in [6, 6.07) is 5.40. The van der Waals surface area contributed by atoms with Gasteiger partial charge in [-0.1, -0.05) is 24.6 Å². The van der Waals surface area contributed by atoms with Gasteiger partial charge in [-0.05, 0) is 24.1 Å². The van der Waals surface area contributed by atoms with Crippen molar-refractivity contribution in [3.8, 4) is 11.5 Å². The fourth-order valence-corrected chi connectivity index (χ4v) is 2.74. The summed E-state index contributed by atoms with van der Waals surface area (Å²) in [4.78, 5) is 0. The van der Waals surface area contributed by atoms with Crippen LogP contribution in [-0.2, 0) is 6.54 Å². The van der Waals surface area contributed by atoms with Gasteiger partial charge in [-0.2, -0.15) is 5.10 Å². The van der Waals surface area contributed by atoms with Gasteiger partial charge in [-0.3, -0.25) is 4.68 Å². The molecule has 3 rings (SSSR count). The van der Waals surface area contributed by atoms with Gasteiger partial charge in [0.1, 0.15) is 13.2 Å². The molecular formula is C15H18ClN3O2. The predicted molar refractivity (Wildman–Crippen MR) is 81.0 cm³/mol. The van der Waals surface area contributed by atoms with Crippen molar-refractivity contribution in [3.63, 3.8) is 0 Å². The smallest absolute Gasteiger partial charge is 0.161 e. The lowest BCUT2D eigenvalue weighted by Crippen LogP contribution is -2.19. The maximum absolute atomic E-state index is 6.38. The number of nitrogens with zero attached hydrogens (tertiary/aromatic N) is 2. The summed E-state index contributed by atoms with van der Waals surface area (Å²) < 4.78 is 13.0. The van der Waals surface area contributed by atoms with Gasteiger partial charge in [0.2, 0.25) is 0 Å². The predicted octanol–water partition coefficient (Wildman–Crippen LogP) is 2.77. The molecule has 2 aromatic rings. The van der Waals surface area contributed by atoms with E-state index in [0.29, 0.717) is 18.2 Å². The quantitative estimate of drug-likeness (QED) is 0.943. The van der Waals surface area contributed by atoms with Crippen LogP contribution >= 0.6 is 11.6 Å². The molecule has 1 unspecified atom stereocenters. The summed E-state index contributed by atoms with van der Waals surface area (Å²) in [6.45, 7) is 4.02. The summed E-state index contributed by atoms with van der Waals surface area (Å²) in [6.07, 6.45) is 2.61. The Morgan fingerprint density at radius 3 is 2.86 bits per heavy atom. The highest BCUT2D eigenvalue weighted by molar-refractivity contribution is 6.31. The van der Waals surface area contributed by atoms with Gasteiger partial charge in [0.05, 0.1) is 23.0 Å². The molecule has 1 aliphatic rings. The molecule has 0 spiro atoms. The molecule has 5 nitrogen and oxygen atoms in total. The van der Waals surface area contributed by atoms with Gasteiger partial charge < -0.3 is 15.2 Å². The minimum absolute atomic E-state index is 0.345. The van der Waals surface area contributed by atoms with E-state index in [9.17, 15) is 0 Å². The Balaban J connectivity index is 1.95. The Hall–Kier alpha value is -1.72. The minimum atomic E-state index is -0.345. The maximum atomic E-state index is 6.38. The molecule has 0 saturated carbocycles. The Labute approximate surface area is 128 Å². The Morgan fingerprint density at radius 2 is 2.10 bits per heavy atom. The van der Waals surface area contributed by atoms with E-state index in [2.05, 4.69) is 12.0 Å². The maximum Gasteiger partial charge on any atom is 0.161 e. The van der Waals surface area contributed by atoms with E-state index >= 15 is 0 Å². The molecule has 1 atom stereocenters. The molecule has 1 aromatic heterocycles. The largest absolute Gasteiger partial charge is 0.486 e. The Kier molecular flexibility index (Phi) is 4.03. The van der Waals surface area contributed by atoms with E-state index in [0.717, 1.165) is 35.7 Å². The number of rotatable bonds is 4. The average molecular weight is 308 g/mol. The third kappa shape index (κ3) is 2.71. The van der Waals surface area contributed by atoms with Crippen molar-refractivity contribution >= 4 is 11.6 Å². The second-order valence-electron chi connectivity index (χ2n) is 4.98. The van der Waals surface area contributed by atoms with Crippen molar-refractivity contribution in [1.82, 2.24) is 9.78 Å². The summed E-state index contributed by atoms with van der Waals surface area (Å²) in [7, 11) is 0. The molecule has 0 aliphatic carbocycles. The van der Waals surface area contributed by atoms with Crippen molar-refractivity contribution in [2.24, 2.45) is 5.73 Å². The summed E-state index contributed by atoms with van der Waals surface area (Å²) >= 11 is 6.25. The fourth-order valence-electron chi connectivity index (χ4n) is 2.48. The third-order valence-electron chi connectivity index (χ3n) is 3.49. The van der Waals surface area contributed by atoms with Crippen LogP contribution in [0.25, 0.3) is 0 Å². The Morgan fingerprint density at radius 1 is 1.33 bits per heavy atom. The van der Waals surface area contributed by atoms with Crippen molar-refractivity contribution in [2.45, 2.75) is 25.9 Å². The standard InChI is InChI=1S/C15H18ClN3O2/c1-2-5-19-15(11(16)9-18-19)14(17)10-3-4-12-13(8-10)21-7-6-20-12/h3-4,8-9,14H,2,5-7,17H2,1H3. The van der Waals surface area contributed by atoms with Crippen LogP contribution in [0, 0.1) is 0 Å². The van der Waals surface area contributed by atoms with Gasteiger partial charge >= 0.3 is 0 Å². The van der Waals surface area contributed by atoms with Gasteiger partial charge in [-0.15, -0.1) is 0 Å². The average Bonchev–Trinajstić information content (AvgIpc) is 2.87. The number of hydrogen-bond acceptors (Lipinski definition) is 4. The highest BCUT2D eigenvalue weighted by atomic mass is 35.5. The molecule has 2 N–H and O–H groups in total. The second kappa shape index (κ2) is 5.95. The van der Waals surface area contributed by atoms with Gasteiger partial charge in [-0.25, -0.2) is 0 Å². The monoisotopic (exact) mass is 307 g/mol. The van der Waals surface area contributed by atoms with Crippen LogP contribution in [-0.4, -0.2) is 23.0 Å². The molecule has 0 bridgehead atoms. The summed E-state index contributed by atoms with van der Waals surface area (Å²) in [5, 5.41) is 4.88. The molecular weight excluding hydrogens is 290 g/mol. The lowest BCUT2D eigenvalue weighted by molar-refractivity contribution is 0.171. The van der Waals surface area contributed by atoms with Crippen molar-refractivity contribution < 1.29 is 9.47 Å². The SMILES string of the molecule is CCCn1ncc(Cl)c1C(N)c1ccc2c(c1)OCCO2. The van der Waals surface area contributed by atoms with E-state index < -0.39 is 0 Å². The van der Waals surface area contributed by atoms with Gasteiger partial charge in [0.25, 0.3) is 0 Å². The zero-order valence-electron chi connectivity index (χ0n) is 11.9. The zero-order chi connectivity index (χ0) is 14.8. The van der Waals surface area contributed by atoms with Crippen LogP contribution < -0.4 is 15.2 Å². The highest BCUT2D eigenvalue weighted by Crippen LogP contribution is 2.35. The lowest BCUT2D eigenvalue weighted by Gasteiger charge is -2.21. The molecule has 2 heterocycles. The van der Waals surface area contributed by atoms with Crippen LogP contribution in [0.2, 0.25) is 5.02 Å². The molecule has 6 heteroatoms. The number of aryl methyl sites for hydroxylation is 1. The molecule has 21 heavy (non-hydrogen) atoms. The number of benzene rings is 1. The minimum Gasteiger partial charge on any atom is -0.486 e. The van der Waals surface area contributed by atoms with E-state index in [1.807, 2.05) is 22.9 Å². The molecule has 1 aliphatic heterocycles. The van der Waals surface area contributed by atoms with E-state index in [4.69, 9.17) is 26.8 Å². The molecule has 0 radical (unpaired) electrons. The first kappa shape index (κ1) is 14.2. The summed E-state index contributed by atoms with van der Waals surface area (Å²) in [5.74, 6) is 1.48. The number of hydrogen-bond donors (Lipinski definition) is 1. The number of aromatic nitrogens is 2. The Bertz CT molecular complexity index is 642. The highest BCUT2D eigenvalue weighted by Gasteiger charge is 2.21. The number of nitrogens with two attached hydrogens (primary N) is 1. The van der Waals surface area contributed by atoms with Crippen LogP contribution in [0.4, 0.5) is 0 Å². The van der Waals surface area contributed by atoms with Crippen molar-refractivity contribution in [2.75, 3.05) is 13.2 Å². The zero-order valence-corrected chi connectivity index (χ0v) is 12.6. The van der Waals surface area contributed by atoms with Crippen LogP contribution in [0.3, 0.4) is 0 Å². The number of fused-ring (bicyclic) bond motifs is 1. The molecule has 112 valence electrons. The van der Waals surface area contributed by atoms with Crippen LogP contribution in [0.15, 0.2) is 24.4 Å². The normalized spacial score (nSPS) is 15.0. The topological polar surface area (TPSA) is 62.3 Å². The molecule has 1 aromatic carbocycles. The van der Waals surface area contributed by atoms with Crippen molar-refractivity contribution in [1.29, 1.82) is 0 Å². The van der Waals surface area contributed by atoms with Crippen LogP contribution in [0.1, 0.15) is 30.6 Å². The van der Waals surface area contributed by atoms with E-state index in [1.165, 1.54) is 0 Å². The van der Waals surface area contributed by atoms with Crippen LogP contribution in [0.5, 0.6) is 11.5 Å². The third-order valence-corrected chi connectivity index (χ3v) is 3.78. The van der Waals surface area contributed by atoms with Gasteiger partial charge in [0, 0.05) is 6.54 Å². The summed E-state index contributed by atoms with van der Waals surface area (Å²) in [5.41, 5.74) is 8.14. The number of ether oxygens (including phenoxy) is 2. The first-order chi connectivity index (χ1) is 10.2. The molecule has 0 saturated heterocycles. The molecule has 0 amide bonds. The van der Waals surface area contributed by atoms with Crippen molar-refractivity contribution in [3.05, 3.63) is 40.7 Å². The first-order valence-electron chi connectivity index (χ1n) is 7.07. The van der Waals surface area contributed by atoms with E-state index in [-0.39, 0.29) is 6.04 Å². The number of halogens is 1. The lowest BCUT2D eigenvalue weighted by atomic mass is 10.0. The molecule has 0 fully saturated rings. The second-order valence-corrected chi connectivity index (χ2v) is 5.39. The first-order valence-corrected chi connectivity index (χ1v) is 7.45. The van der Waals surface area contributed by atoms with Gasteiger partial charge in [0.15, 0.2) is 11.5 Å².